The van der Waals surface area contributed by atoms with Crippen LogP contribution in [0.15, 0.2) is 71.6 Å². The first-order valence-corrected chi connectivity index (χ1v) is 12.5. The fraction of sp³-hybridized carbons (Fsp3) is 0.269. The van der Waals surface area contributed by atoms with Crippen molar-refractivity contribution in [2.75, 3.05) is 38.2 Å². The number of ether oxygens (including phenoxy) is 3. The van der Waals surface area contributed by atoms with Crippen LogP contribution in [-0.4, -0.2) is 48.2 Å². The number of amides is 1. The molecule has 1 amide bonds. The smallest absolute Gasteiger partial charge is 0.264 e. The summed E-state index contributed by atoms with van der Waals surface area (Å²) in [5, 5.41) is 2.73. The molecule has 0 heterocycles. The molecule has 3 aromatic carbocycles. The summed E-state index contributed by atoms with van der Waals surface area (Å²) in [6.07, 6.45) is 0. The van der Waals surface area contributed by atoms with Crippen molar-refractivity contribution >= 4 is 21.6 Å². The topological polar surface area (TPSA) is 94.2 Å². The van der Waals surface area contributed by atoms with Crippen molar-refractivity contribution in [2.45, 2.75) is 18.7 Å². The number of rotatable bonds is 11. The minimum Gasteiger partial charge on any atom is -0.493 e. The molecule has 8 nitrogen and oxygen atoms in total. The fourth-order valence-electron chi connectivity index (χ4n) is 3.38. The van der Waals surface area contributed by atoms with E-state index >= 15 is 0 Å². The van der Waals surface area contributed by atoms with Gasteiger partial charge in [0.05, 0.1) is 31.3 Å². The highest BCUT2D eigenvalue weighted by Crippen LogP contribution is 2.32. The normalized spacial score (nSPS) is 11.0. The summed E-state index contributed by atoms with van der Waals surface area (Å²) in [4.78, 5) is 12.7. The number of hydrogen-bond donors (Lipinski definition) is 1. The quantitative estimate of drug-likeness (QED) is 0.405. The second kappa shape index (κ2) is 11.6. The highest BCUT2D eigenvalue weighted by atomic mass is 32.2. The highest BCUT2D eigenvalue weighted by molar-refractivity contribution is 7.92. The molecule has 0 aliphatic carbocycles. The average Bonchev–Trinajstić information content (AvgIpc) is 2.85. The molecule has 35 heavy (non-hydrogen) atoms. The molecule has 0 radical (unpaired) electrons. The van der Waals surface area contributed by atoms with E-state index in [-0.39, 0.29) is 23.8 Å². The number of methoxy groups -OCH3 is 2. The Kier molecular flexibility index (Phi) is 8.59. The van der Waals surface area contributed by atoms with E-state index in [4.69, 9.17) is 14.2 Å². The van der Waals surface area contributed by atoms with E-state index in [1.165, 1.54) is 32.4 Å². The predicted molar refractivity (Wildman–Crippen MR) is 135 cm³/mol. The molecule has 3 aromatic rings. The first kappa shape index (κ1) is 25.9. The number of hydrogen-bond acceptors (Lipinski definition) is 6. The van der Waals surface area contributed by atoms with Crippen LogP contribution in [0.3, 0.4) is 0 Å². The SMILES string of the molecule is COc1ccc(S(=O)(=O)N(CC(=O)NCCOc2cccc(C)c2)c2ccc(C)cc2)cc1OC. The van der Waals surface area contributed by atoms with Crippen molar-refractivity contribution in [1.82, 2.24) is 5.32 Å². The Morgan fingerprint density at radius 1 is 0.886 bits per heavy atom. The molecule has 0 aliphatic rings. The van der Waals surface area contributed by atoms with Gasteiger partial charge in [0.2, 0.25) is 5.91 Å². The van der Waals surface area contributed by atoms with Gasteiger partial charge in [0.25, 0.3) is 10.0 Å². The number of anilines is 1. The lowest BCUT2D eigenvalue weighted by molar-refractivity contribution is -0.119. The molecule has 0 atom stereocenters. The van der Waals surface area contributed by atoms with Crippen LogP contribution in [-0.2, 0) is 14.8 Å². The monoisotopic (exact) mass is 498 g/mol. The molecule has 0 spiro atoms. The molecule has 0 saturated carbocycles. The van der Waals surface area contributed by atoms with Gasteiger partial charge >= 0.3 is 0 Å². The fourth-order valence-corrected chi connectivity index (χ4v) is 4.82. The molecule has 0 unspecified atom stereocenters. The van der Waals surface area contributed by atoms with Gasteiger partial charge in [-0.2, -0.15) is 0 Å². The largest absolute Gasteiger partial charge is 0.493 e. The Bertz CT molecular complexity index is 1260. The third-order valence-electron chi connectivity index (χ3n) is 5.23. The standard InChI is InChI=1S/C26H30N2O6S/c1-19-8-10-21(11-9-19)28(35(30,31)23-12-13-24(32-3)25(17-23)33-4)18-26(29)27-14-15-34-22-7-5-6-20(2)16-22/h5-13,16-17H,14-15,18H2,1-4H3,(H,27,29). The molecule has 0 fully saturated rings. The van der Waals surface area contributed by atoms with Crippen molar-refractivity contribution in [3.8, 4) is 17.2 Å². The van der Waals surface area contributed by atoms with Crippen LogP contribution < -0.4 is 23.8 Å². The molecule has 1 N–H and O–H groups in total. The highest BCUT2D eigenvalue weighted by Gasteiger charge is 2.28. The number of nitrogens with one attached hydrogen (secondary N) is 1. The maximum Gasteiger partial charge on any atom is 0.264 e. The third-order valence-corrected chi connectivity index (χ3v) is 7.00. The van der Waals surface area contributed by atoms with Crippen molar-refractivity contribution in [1.29, 1.82) is 0 Å². The van der Waals surface area contributed by atoms with E-state index in [0.29, 0.717) is 17.2 Å². The minimum atomic E-state index is -4.09. The Balaban J connectivity index is 1.77. The van der Waals surface area contributed by atoms with E-state index in [1.807, 2.05) is 38.1 Å². The molecule has 3 rings (SSSR count). The second-order valence-corrected chi connectivity index (χ2v) is 9.74. The maximum atomic E-state index is 13.6. The molecule has 0 aliphatic heterocycles. The summed E-state index contributed by atoms with van der Waals surface area (Å²) < 4.78 is 44.4. The molecule has 0 bridgehead atoms. The van der Waals surface area contributed by atoms with Crippen molar-refractivity contribution < 1.29 is 27.4 Å². The van der Waals surface area contributed by atoms with Crippen LogP contribution in [0.5, 0.6) is 17.2 Å². The number of nitrogens with zero attached hydrogens (tertiary/aromatic N) is 1. The summed E-state index contributed by atoms with van der Waals surface area (Å²) >= 11 is 0. The van der Waals surface area contributed by atoms with E-state index in [1.54, 1.807) is 24.3 Å². The predicted octanol–water partition coefficient (Wildman–Crippen LogP) is 3.71. The Labute approximate surface area is 206 Å². The minimum absolute atomic E-state index is 0.0219. The zero-order valence-electron chi connectivity index (χ0n) is 20.3. The van der Waals surface area contributed by atoms with Gasteiger partial charge in [0.1, 0.15) is 18.9 Å². The molecule has 0 saturated heterocycles. The number of benzene rings is 3. The van der Waals surface area contributed by atoms with Crippen molar-refractivity contribution in [3.63, 3.8) is 0 Å². The van der Waals surface area contributed by atoms with Gasteiger partial charge in [-0.3, -0.25) is 9.10 Å². The maximum absolute atomic E-state index is 13.6. The Morgan fingerprint density at radius 2 is 1.60 bits per heavy atom. The zero-order valence-corrected chi connectivity index (χ0v) is 21.1. The lowest BCUT2D eigenvalue weighted by Crippen LogP contribution is -2.41. The third kappa shape index (κ3) is 6.66. The summed E-state index contributed by atoms with van der Waals surface area (Å²) in [7, 11) is -1.19. The van der Waals surface area contributed by atoms with Gasteiger partial charge in [-0.15, -0.1) is 0 Å². The van der Waals surface area contributed by atoms with Crippen LogP contribution in [0.4, 0.5) is 5.69 Å². The number of carbonyl (C=O) groups excluding carboxylic acids is 1. The number of sulfonamides is 1. The molecule has 0 aromatic heterocycles. The van der Waals surface area contributed by atoms with Crippen LogP contribution in [0.2, 0.25) is 0 Å². The van der Waals surface area contributed by atoms with E-state index in [2.05, 4.69) is 5.32 Å². The molecule has 186 valence electrons. The van der Waals surface area contributed by atoms with Gasteiger partial charge in [0, 0.05) is 6.07 Å². The number of carbonyl (C=O) groups is 1. The van der Waals surface area contributed by atoms with E-state index in [9.17, 15) is 13.2 Å². The van der Waals surface area contributed by atoms with E-state index in [0.717, 1.165) is 15.4 Å². The summed E-state index contributed by atoms with van der Waals surface area (Å²) in [6.45, 7) is 3.95. The first-order valence-electron chi connectivity index (χ1n) is 11.0. The van der Waals surface area contributed by atoms with Gasteiger partial charge in [-0.1, -0.05) is 29.8 Å². The molecule has 9 heteroatoms. The Hall–Kier alpha value is -3.72. The van der Waals surface area contributed by atoms with Gasteiger partial charge < -0.3 is 19.5 Å². The van der Waals surface area contributed by atoms with Crippen LogP contribution >= 0.6 is 0 Å². The van der Waals surface area contributed by atoms with Gasteiger partial charge in [0.15, 0.2) is 11.5 Å². The van der Waals surface area contributed by atoms with Crippen LogP contribution in [0.25, 0.3) is 0 Å². The summed E-state index contributed by atoms with van der Waals surface area (Å²) in [5.74, 6) is 0.925. The average molecular weight is 499 g/mol. The zero-order chi connectivity index (χ0) is 25.4. The van der Waals surface area contributed by atoms with Crippen molar-refractivity contribution in [2.24, 2.45) is 0 Å². The lowest BCUT2D eigenvalue weighted by Gasteiger charge is -2.24. The Morgan fingerprint density at radius 3 is 2.26 bits per heavy atom. The van der Waals surface area contributed by atoms with Crippen LogP contribution in [0, 0.1) is 13.8 Å². The van der Waals surface area contributed by atoms with Crippen LogP contribution in [0.1, 0.15) is 11.1 Å². The number of aryl methyl sites for hydroxylation is 2. The summed E-state index contributed by atoms with van der Waals surface area (Å²) in [6, 6.07) is 18.8. The first-order chi connectivity index (χ1) is 16.7. The molecular weight excluding hydrogens is 468 g/mol. The summed E-state index contributed by atoms with van der Waals surface area (Å²) in [5.41, 5.74) is 2.41. The molecular formula is C26H30N2O6S. The lowest BCUT2D eigenvalue weighted by atomic mass is 10.2. The van der Waals surface area contributed by atoms with E-state index < -0.39 is 22.5 Å². The van der Waals surface area contributed by atoms with Crippen molar-refractivity contribution in [3.05, 3.63) is 77.9 Å². The van der Waals surface area contributed by atoms with Gasteiger partial charge in [-0.05, 0) is 55.8 Å². The van der Waals surface area contributed by atoms with Gasteiger partial charge in [-0.25, -0.2) is 8.42 Å². The second-order valence-electron chi connectivity index (χ2n) is 7.88.